The number of halogens is 2. The lowest BCUT2D eigenvalue weighted by Crippen LogP contribution is -2.13. The first-order valence-electron chi connectivity index (χ1n) is 5.86. The molecular weight excluding hydrogens is 283 g/mol. The van der Waals surface area contributed by atoms with Crippen LogP contribution in [0.3, 0.4) is 0 Å². The number of nitrogens with zero attached hydrogens (tertiary/aromatic N) is 2. The zero-order valence-electron chi connectivity index (χ0n) is 10.7. The molecular formula is C14H12ClFN2O2. The van der Waals surface area contributed by atoms with Crippen molar-refractivity contribution in [2.45, 2.75) is 5.88 Å². The van der Waals surface area contributed by atoms with Crippen molar-refractivity contribution in [2.24, 2.45) is 0 Å². The third kappa shape index (κ3) is 2.72. The number of alkyl halides is 1. The number of para-hydroxylation sites is 1. The summed E-state index contributed by atoms with van der Waals surface area (Å²) in [5.74, 6) is -0.254. The minimum Gasteiger partial charge on any atom is -0.337 e. The van der Waals surface area contributed by atoms with E-state index in [-0.39, 0.29) is 17.3 Å². The Labute approximate surface area is 120 Å². The van der Waals surface area contributed by atoms with Gasteiger partial charge < -0.3 is 4.90 Å². The van der Waals surface area contributed by atoms with Crippen LogP contribution in [0.2, 0.25) is 0 Å². The number of hydrogen-bond acceptors (Lipinski definition) is 3. The lowest BCUT2D eigenvalue weighted by Gasteiger charge is -2.20. The molecule has 0 aliphatic rings. The summed E-state index contributed by atoms with van der Waals surface area (Å²) in [6.07, 6.45) is 0. The first-order valence-corrected chi connectivity index (χ1v) is 6.39. The van der Waals surface area contributed by atoms with Crippen molar-refractivity contribution >= 4 is 28.7 Å². The normalized spacial score (nSPS) is 10.3. The highest BCUT2D eigenvalue weighted by Crippen LogP contribution is 2.34. The second-order valence-electron chi connectivity index (χ2n) is 4.22. The molecule has 0 amide bonds. The summed E-state index contributed by atoms with van der Waals surface area (Å²) in [7, 11) is 1.58. The maximum Gasteiger partial charge on any atom is 0.293 e. The molecule has 2 rings (SSSR count). The molecule has 0 radical (unpaired) electrons. The van der Waals surface area contributed by atoms with Gasteiger partial charge in [-0.05, 0) is 23.8 Å². The average molecular weight is 295 g/mol. The molecule has 0 N–H and O–H groups in total. The van der Waals surface area contributed by atoms with Crippen LogP contribution in [0, 0.1) is 15.9 Å². The predicted molar refractivity (Wildman–Crippen MR) is 77.1 cm³/mol. The average Bonchev–Trinajstić information content (AvgIpc) is 2.46. The summed E-state index contributed by atoms with van der Waals surface area (Å²) in [5.41, 5.74) is 1.13. The molecule has 0 saturated heterocycles. The van der Waals surface area contributed by atoms with E-state index in [0.29, 0.717) is 11.3 Å². The van der Waals surface area contributed by atoms with Gasteiger partial charge in [0.05, 0.1) is 10.6 Å². The highest BCUT2D eigenvalue weighted by Gasteiger charge is 2.20. The number of hydrogen-bond donors (Lipinski definition) is 0. The Morgan fingerprint density at radius 2 is 1.95 bits per heavy atom. The first-order chi connectivity index (χ1) is 9.54. The van der Waals surface area contributed by atoms with Gasteiger partial charge in [-0.1, -0.05) is 18.2 Å². The van der Waals surface area contributed by atoms with E-state index < -0.39 is 10.7 Å². The van der Waals surface area contributed by atoms with Crippen LogP contribution in [0.1, 0.15) is 5.56 Å². The van der Waals surface area contributed by atoms with Crippen LogP contribution in [0.4, 0.5) is 21.5 Å². The number of nitro benzene ring substituents is 1. The van der Waals surface area contributed by atoms with E-state index in [2.05, 4.69) is 0 Å². The van der Waals surface area contributed by atoms with Crippen LogP contribution in [0.5, 0.6) is 0 Å². The lowest BCUT2D eigenvalue weighted by atomic mass is 10.1. The number of anilines is 2. The van der Waals surface area contributed by atoms with Crippen LogP contribution in [0.15, 0.2) is 42.5 Å². The van der Waals surface area contributed by atoms with Gasteiger partial charge in [0.15, 0.2) is 0 Å². The Hall–Kier alpha value is -2.14. The Morgan fingerprint density at radius 1 is 1.25 bits per heavy atom. The van der Waals surface area contributed by atoms with Gasteiger partial charge in [-0.3, -0.25) is 10.1 Å². The quantitative estimate of drug-likeness (QED) is 0.481. The third-order valence-electron chi connectivity index (χ3n) is 2.97. The second kappa shape index (κ2) is 5.88. The number of nitro groups is 1. The van der Waals surface area contributed by atoms with Crippen molar-refractivity contribution in [1.82, 2.24) is 0 Å². The highest BCUT2D eigenvalue weighted by atomic mass is 35.5. The molecule has 6 heteroatoms. The minimum absolute atomic E-state index is 0.103. The van der Waals surface area contributed by atoms with Gasteiger partial charge in [-0.2, -0.15) is 0 Å². The van der Waals surface area contributed by atoms with Crippen LogP contribution in [-0.2, 0) is 5.88 Å². The van der Waals surface area contributed by atoms with Crippen LogP contribution < -0.4 is 4.90 Å². The molecule has 0 fully saturated rings. The van der Waals surface area contributed by atoms with Gasteiger partial charge in [0.1, 0.15) is 11.5 Å². The maximum atomic E-state index is 13.8. The van der Waals surface area contributed by atoms with Crippen molar-refractivity contribution < 1.29 is 9.31 Å². The van der Waals surface area contributed by atoms with E-state index in [1.54, 1.807) is 37.4 Å². The lowest BCUT2D eigenvalue weighted by molar-refractivity contribution is -0.384. The summed E-state index contributed by atoms with van der Waals surface area (Å²) in [6.45, 7) is 0. The smallest absolute Gasteiger partial charge is 0.293 e. The minimum atomic E-state index is -0.497. The molecule has 104 valence electrons. The molecule has 0 heterocycles. The fourth-order valence-corrected chi connectivity index (χ4v) is 2.10. The van der Waals surface area contributed by atoms with E-state index >= 15 is 0 Å². The molecule has 0 aromatic heterocycles. The second-order valence-corrected chi connectivity index (χ2v) is 4.49. The largest absolute Gasteiger partial charge is 0.337 e. The zero-order valence-corrected chi connectivity index (χ0v) is 11.5. The Balaban J connectivity index is 2.52. The summed E-state index contributed by atoms with van der Waals surface area (Å²) >= 11 is 5.68. The van der Waals surface area contributed by atoms with E-state index in [1.165, 1.54) is 17.0 Å². The summed E-state index contributed by atoms with van der Waals surface area (Å²) in [6, 6.07) is 10.8. The van der Waals surface area contributed by atoms with Crippen molar-refractivity contribution in [2.75, 3.05) is 11.9 Å². The Bertz CT molecular complexity index is 649. The van der Waals surface area contributed by atoms with Crippen molar-refractivity contribution in [1.29, 1.82) is 0 Å². The van der Waals surface area contributed by atoms with Crippen molar-refractivity contribution in [3.63, 3.8) is 0 Å². The van der Waals surface area contributed by atoms with Crippen LogP contribution >= 0.6 is 11.6 Å². The first kappa shape index (κ1) is 14.3. The van der Waals surface area contributed by atoms with Crippen LogP contribution in [0.25, 0.3) is 0 Å². The molecule has 0 saturated carbocycles. The number of benzene rings is 2. The molecule has 0 spiro atoms. The molecule has 2 aromatic carbocycles. The third-order valence-corrected chi connectivity index (χ3v) is 3.27. The molecule has 20 heavy (non-hydrogen) atoms. The van der Waals surface area contributed by atoms with Gasteiger partial charge in [0, 0.05) is 19.0 Å². The Kier molecular flexibility index (Phi) is 4.20. The zero-order chi connectivity index (χ0) is 14.7. The van der Waals surface area contributed by atoms with Crippen LogP contribution in [-0.4, -0.2) is 12.0 Å². The fraction of sp³-hybridized carbons (Fsp3) is 0.143. The maximum absolute atomic E-state index is 13.8. The number of rotatable bonds is 4. The van der Waals surface area contributed by atoms with Gasteiger partial charge >= 0.3 is 0 Å². The SMILES string of the molecule is CN(c1ccccc1F)c1ccc(CCl)cc1[N+](=O)[O-]. The Morgan fingerprint density at radius 3 is 2.55 bits per heavy atom. The highest BCUT2D eigenvalue weighted by molar-refractivity contribution is 6.17. The summed E-state index contributed by atoms with van der Waals surface area (Å²) < 4.78 is 13.8. The fourth-order valence-electron chi connectivity index (χ4n) is 1.94. The van der Waals surface area contributed by atoms with Gasteiger partial charge in [0.25, 0.3) is 5.69 Å². The van der Waals surface area contributed by atoms with Crippen molar-refractivity contribution in [3.8, 4) is 0 Å². The topological polar surface area (TPSA) is 46.4 Å². The predicted octanol–water partition coefficient (Wildman–Crippen LogP) is 4.24. The molecule has 0 aliphatic heterocycles. The van der Waals surface area contributed by atoms with E-state index in [4.69, 9.17) is 11.6 Å². The summed E-state index contributed by atoms with van der Waals surface area (Å²) in [4.78, 5) is 12.1. The van der Waals surface area contributed by atoms with Crippen molar-refractivity contribution in [3.05, 3.63) is 64.0 Å². The molecule has 0 aliphatic carbocycles. The standard InChI is InChI=1S/C14H12ClFN2O2/c1-17(12-5-3-2-4-11(12)16)13-7-6-10(9-15)8-14(13)18(19)20/h2-8H,9H2,1H3. The van der Waals surface area contributed by atoms with Gasteiger partial charge in [0.2, 0.25) is 0 Å². The van der Waals surface area contributed by atoms with E-state index in [9.17, 15) is 14.5 Å². The van der Waals surface area contributed by atoms with E-state index in [0.717, 1.165) is 0 Å². The molecule has 4 nitrogen and oxygen atoms in total. The molecule has 2 aromatic rings. The monoisotopic (exact) mass is 294 g/mol. The molecule has 0 unspecified atom stereocenters. The summed E-state index contributed by atoms with van der Waals surface area (Å²) in [5, 5.41) is 11.2. The van der Waals surface area contributed by atoms with Gasteiger partial charge in [-0.15, -0.1) is 11.6 Å². The van der Waals surface area contributed by atoms with E-state index in [1.807, 2.05) is 0 Å². The van der Waals surface area contributed by atoms with Gasteiger partial charge in [-0.25, -0.2) is 4.39 Å². The molecule has 0 bridgehead atoms. The molecule has 0 atom stereocenters.